The zero-order valence-corrected chi connectivity index (χ0v) is 19.7. The number of carboxylic acids is 2. The summed E-state index contributed by atoms with van der Waals surface area (Å²) in [5, 5.41) is 17.0. The van der Waals surface area contributed by atoms with Crippen LogP contribution in [0.15, 0.2) is 42.5 Å². The van der Waals surface area contributed by atoms with E-state index >= 15 is 0 Å². The van der Waals surface area contributed by atoms with Crippen LogP contribution < -0.4 is 4.74 Å². The fraction of sp³-hybridized carbons (Fsp3) is 0.462. The van der Waals surface area contributed by atoms with E-state index in [-0.39, 0.29) is 18.4 Å². The monoisotopic (exact) mass is 484 g/mol. The number of carbonyl (C=O) groups excluding carboxylic acids is 2. The third-order valence-corrected chi connectivity index (χ3v) is 6.49. The smallest absolute Gasteiger partial charge is 0.414 e. The lowest BCUT2D eigenvalue weighted by Crippen LogP contribution is -2.51. The molecular weight excluding hydrogens is 452 g/mol. The Kier molecular flexibility index (Phi) is 9.46. The van der Waals surface area contributed by atoms with E-state index in [2.05, 4.69) is 6.07 Å². The minimum atomic E-state index is -1.82. The van der Waals surface area contributed by atoms with Crippen molar-refractivity contribution in [2.45, 2.75) is 38.5 Å². The van der Waals surface area contributed by atoms with Crippen LogP contribution in [0.3, 0.4) is 0 Å². The average molecular weight is 485 g/mol. The second-order valence-electron chi connectivity index (χ2n) is 8.86. The fourth-order valence-corrected chi connectivity index (χ4v) is 4.48. The summed E-state index contributed by atoms with van der Waals surface area (Å²) in [6, 6.07) is 14.0. The van der Waals surface area contributed by atoms with Gasteiger partial charge in [-0.15, -0.1) is 0 Å². The Bertz CT molecular complexity index is 1030. The molecule has 1 heterocycles. The number of rotatable bonds is 6. The normalized spacial score (nSPS) is 15.9. The maximum absolute atomic E-state index is 12.5. The molecule has 2 N–H and O–H groups in total. The number of hydrogen-bond donors (Lipinski definition) is 2. The van der Waals surface area contributed by atoms with Crippen molar-refractivity contribution in [1.82, 2.24) is 9.80 Å². The van der Waals surface area contributed by atoms with Crippen LogP contribution in [0.4, 0.5) is 0 Å². The lowest BCUT2D eigenvalue weighted by molar-refractivity contribution is -0.159. The molecule has 2 fully saturated rings. The summed E-state index contributed by atoms with van der Waals surface area (Å²) in [5.41, 5.74) is 0. The first-order valence-corrected chi connectivity index (χ1v) is 12.0. The number of carbonyl (C=O) groups is 4. The van der Waals surface area contributed by atoms with E-state index in [1.807, 2.05) is 46.2 Å². The van der Waals surface area contributed by atoms with Gasteiger partial charge in [-0.05, 0) is 35.2 Å². The Hall–Kier alpha value is -3.62. The lowest BCUT2D eigenvalue weighted by atomic mass is 10.0. The first-order chi connectivity index (χ1) is 16.8. The van der Waals surface area contributed by atoms with Crippen molar-refractivity contribution in [1.29, 1.82) is 0 Å². The molecule has 1 saturated heterocycles. The summed E-state index contributed by atoms with van der Waals surface area (Å²) in [5.74, 6) is -1.97. The minimum Gasteiger partial charge on any atom is -0.484 e. The Morgan fingerprint density at radius 3 is 1.97 bits per heavy atom. The number of carboxylic acid groups (broad SMARTS) is 2. The number of piperazine rings is 1. The molecule has 9 nitrogen and oxygen atoms in total. The number of aliphatic carboxylic acids is 2. The SMILES string of the molecule is O=C(CCC1CCCC1)N1CCN(C(=O)COc2ccc3ccccc3c2)CC1.O=C(O)C(=O)O. The third kappa shape index (κ3) is 7.98. The van der Waals surface area contributed by atoms with Gasteiger partial charge in [-0.2, -0.15) is 0 Å². The highest BCUT2D eigenvalue weighted by atomic mass is 16.5. The van der Waals surface area contributed by atoms with Crippen LogP contribution in [-0.2, 0) is 19.2 Å². The van der Waals surface area contributed by atoms with Crippen LogP contribution >= 0.6 is 0 Å². The van der Waals surface area contributed by atoms with Gasteiger partial charge < -0.3 is 24.7 Å². The van der Waals surface area contributed by atoms with Gasteiger partial charge in [-0.1, -0.05) is 56.0 Å². The molecule has 4 rings (SSSR count). The van der Waals surface area contributed by atoms with Gasteiger partial charge in [0.2, 0.25) is 5.91 Å². The molecule has 0 spiro atoms. The van der Waals surface area contributed by atoms with Crippen LogP contribution in [0.1, 0.15) is 38.5 Å². The van der Waals surface area contributed by atoms with Crippen LogP contribution in [0.25, 0.3) is 10.8 Å². The second-order valence-corrected chi connectivity index (χ2v) is 8.86. The molecule has 0 aromatic heterocycles. The molecule has 35 heavy (non-hydrogen) atoms. The number of fused-ring (bicyclic) bond motifs is 1. The predicted octanol–water partition coefficient (Wildman–Crippen LogP) is 3.02. The molecule has 2 aromatic rings. The van der Waals surface area contributed by atoms with E-state index in [1.54, 1.807) is 0 Å². The molecule has 2 amide bonds. The molecule has 1 saturated carbocycles. The van der Waals surface area contributed by atoms with Crippen molar-refractivity contribution < 1.29 is 34.1 Å². The maximum Gasteiger partial charge on any atom is 0.414 e. The van der Waals surface area contributed by atoms with Gasteiger partial charge in [-0.25, -0.2) is 9.59 Å². The summed E-state index contributed by atoms with van der Waals surface area (Å²) >= 11 is 0. The predicted molar refractivity (Wildman–Crippen MR) is 129 cm³/mol. The maximum atomic E-state index is 12.5. The van der Waals surface area contributed by atoms with E-state index in [0.717, 1.165) is 23.1 Å². The Morgan fingerprint density at radius 2 is 1.37 bits per heavy atom. The summed E-state index contributed by atoms with van der Waals surface area (Å²) < 4.78 is 5.73. The van der Waals surface area contributed by atoms with Crippen molar-refractivity contribution in [3.8, 4) is 5.75 Å². The molecule has 2 aliphatic rings. The molecule has 0 unspecified atom stereocenters. The van der Waals surface area contributed by atoms with Gasteiger partial charge >= 0.3 is 11.9 Å². The van der Waals surface area contributed by atoms with Crippen molar-refractivity contribution in [2.24, 2.45) is 5.92 Å². The topological polar surface area (TPSA) is 124 Å². The molecule has 188 valence electrons. The van der Waals surface area contributed by atoms with Crippen LogP contribution in [0.5, 0.6) is 5.75 Å². The number of ether oxygens (including phenoxy) is 1. The van der Waals surface area contributed by atoms with Gasteiger partial charge in [0.05, 0.1) is 0 Å². The molecule has 0 radical (unpaired) electrons. The summed E-state index contributed by atoms with van der Waals surface area (Å²) in [6.07, 6.45) is 6.89. The van der Waals surface area contributed by atoms with E-state index in [9.17, 15) is 9.59 Å². The van der Waals surface area contributed by atoms with Crippen LogP contribution in [0.2, 0.25) is 0 Å². The second kappa shape index (κ2) is 12.7. The van der Waals surface area contributed by atoms with Gasteiger partial charge in [0.1, 0.15) is 5.75 Å². The summed E-state index contributed by atoms with van der Waals surface area (Å²) in [4.78, 5) is 46.9. The molecule has 0 bridgehead atoms. The fourth-order valence-electron chi connectivity index (χ4n) is 4.48. The summed E-state index contributed by atoms with van der Waals surface area (Å²) in [7, 11) is 0. The number of nitrogens with zero attached hydrogens (tertiary/aromatic N) is 2. The molecular formula is C26H32N2O7. The highest BCUT2D eigenvalue weighted by Gasteiger charge is 2.25. The van der Waals surface area contributed by atoms with Gasteiger partial charge in [0.15, 0.2) is 6.61 Å². The van der Waals surface area contributed by atoms with Crippen molar-refractivity contribution >= 4 is 34.5 Å². The van der Waals surface area contributed by atoms with E-state index < -0.39 is 11.9 Å². The molecule has 1 aliphatic carbocycles. The Morgan fingerprint density at radius 1 is 0.800 bits per heavy atom. The highest BCUT2D eigenvalue weighted by Crippen LogP contribution is 2.28. The van der Waals surface area contributed by atoms with Crippen molar-refractivity contribution in [3.63, 3.8) is 0 Å². The standard InChI is InChI=1S/C24H30N2O3.C2H2O4/c27-23(12-9-19-5-1-2-6-19)25-13-15-26(16-14-25)24(28)18-29-22-11-10-20-7-3-4-8-21(20)17-22;3-1(4)2(5)6/h3-4,7-8,10-11,17,19H,1-2,5-6,9,12-16,18H2;(H,3,4)(H,5,6). The zero-order chi connectivity index (χ0) is 25.2. The largest absolute Gasteiger partial charge is 0.484 e. The van der Waals surface area contributed by atoms with Gasteiger partial charge in [0, 0.05) is 32.6 Å². The van der Waals surface area contributed by atoms with Gasteiger partial charge in [-0.3, -0.25) is 9.59 Å². The Balaban J connectivity index is 0.000000509. The molecule has 1 aliphatic heterocycles. The number of benzene rings is 2. The van der Waals surface area contributed by atoms with E-state index in [0.29, 0.717) is 38.3 Å². The third-order valence-electron chi connectivity index (χ3n) is 6.49. The lowest BCUT2D eigenvalue weighted by Gasteiger charge is -2.35. The first-order valence-electron chi connectivity index (χ1n) is 12.0. The van der Waals surface area contributed by atoms with E-state index in [4.69, 9.17) is 24.5 Å². The Labute approximate surface area is 204 Å². The number of hydrogen-bond acceptors (Lipinski definition) is 5. The first kappa shape index (κ1) is 26.0. The molecule has 2 aromatic carbocycles. The molecule has 9 heteroatoms. The minimum absolute atomic E-state index is 0.0174. The molecule has 0 atom stereocenters. The summed E-state index contributed by atoms with van der Waals surface area (Å²) in [6.45, 7) is 2.48. The van der Waals surface area contributed by atoms with Gasteiger partial charge in [0.25, 0.3) is 5.91 Å². The zero-order valence-electron chi connectivity index (χ0n) is 19.7. The van der Waals surface area contributed by atoms with E-state index in [1.165, 1.54) is 25.7 Å². The highest BCUT2D eigenvalue weighted by molar-refractivity contribution is 6.27. The average Bonchev–Trinajstić information content (AvgIpc) is 3.40. The number of amides is 2. The van der Waals surface area contributed by atoms with Crippen LogP contribution in [0, 0.1) is 5.92 Å². The van der Waals surface area contributed by atoms with Crippen molar-refractivity contribution in [3.05, 3.63) is 42.5 Å². The quantitative estimate of drug-likeness (QED) is 0.604. The van der Waals surface area contributed by atoms with Crippen molar-refractivity contribution in [2.75, 3.05) is 32.8 Å². The van der Waals surface area contributed by atoms with Crippen LogP contribution in [-0.4, -0.2) is 76.6 Å².